The minimum atomic E-state index is -0.334. The average Bonchev–Trinajstić information content (AvgIpc) is 3.06. The molecular formula is C37H35BrN2O6. The summed E-state index contributed by atoms with van der Waals surface area (Å²) in [7, 11) is 1.60. The van der Waals surface area contributed by atoms with Gasteiger partial charge in [-0.25, -0.2) is 0 Å². The molecule has 0 saturated heterocycles. The standard InChI is InChI=1S/C37H35BrN2O6/c1-6-18(7-2)39-34(41)22-13-11-21-31-27(46-15-14-45-5)17-25-29-23(35(42)40(37(25)44)19(8-3)9-4)12-10-20(33(29)31)30-26(38)16-24(36(39)43)28(22)32(21)30/h10-13,16-19H,6-9,14-15H2,1-5H3. The van der Waals surface area contributed by atoms with Crippen molar-refractivity contribution >= 4 is 82.6 Å². The summed E-state index contributed by atoms with van der Waals surface area (Å²) in [6, 6.07) is 10.6. The summed E-state index contributed by atoms with van der Waals surface area (Å²) in [4.78, 5) is 59.0. The molecular weight excluding hydrogens is 648 g/mol. The lowest BCUT2D eigenvalue weighted by Gasteiger charge is -2.35. The maximum Gasteiger partial charge on any atom is 0.261 e. The molecule has 7 rings (SSSR count). The van der Waals surface area contributed by atoms with Crippen LogP contribution in [-0.4, -0.2) is 65.8 Å². The van der Waals surface area contributed by atoms with Gasteiger partial charge >= 0.3 is 0 Å². The van der Waals surface area contributed by atoms with Crippen molar-refractivity contribution in [3.05, 3.63) is 63.1 Å². The van der Waals surface area contributed by atoms with E-state index in [2.05, 4.69) is 15.9 Å². The molecule has 0 atom stereocenters. The molecule has 236 valence electrons. The van der Waals surface area contributed by atoms with Crippen molar-refractivity contribution in [2.45, 2.75) is 65.5 Å². The molecule has 0 fully saturated rings. The molecule has 46 heavy (non-hydrogen) atoms. The van der Waals surface area contributed by atoms with Crippen LogP contribution in [0.4, 0.5) is 0 Å². The lowest BCUT2D eigenvalue weighted by atomic mass is 9.81. The molecule has 0 aromatic heterocycles. The van der Waals surface area contributed by atoms with Crippen LogP contribution < -0.4 is 4.74 Å². The van der Waals surface area contributed by atoms with Crippen LogP contribution in [0.25, 0.3) is 43.1 Å². The summed E-state index contributed by atoms with van der Waals surface area (Å²) in [5, 5.41) is 5.85. The van der Waals surface area contributed by atoms with Gasteiger partial charge in [-0.15, -0.1) is 0 Å². The minimum Gasteiger partial charge on any atom is -0.490 e. The van der Waals surface area contributed by atoms with Crippen molar-refractivity contribution in [3.63, 3.8) is 0 Å². The molecule has 2 aliphatic rings. The number of methoxy groups -OCH3 is 1. The predicted molar refractivity (Wildman–Crippen MR) is 182 cm³/mol. The molecule has 0 aliphatic carbocycles. The van der Waals surface area contributed by atoms with Crippen molar-refractivity contribution in [3.8, 4) is 5.75 Å². The van der Waals surface area contributed by atoms with Crippen molar-refractivity contribution < 1.29 is 28.7 Å². The van der Waals surface area contributed by atoms with Crippen molar-refractivity contribution in [1.29, 1.82) is 0 Å². The van der Waals surface area contributed by atoms with E-state index in [0.717, 1.165) is 32.3 Å². The first-order valence-electron chi connectivity index (χ1n) is 16.0. The van der Waals surface area contributed by atoms with Crippen LogP contribution in [0.5, 0.6) is 5.75 Å². The molecule has 0 saturated carbocycles. The first-order valence-corrected chi connectivity index (χ1v) is 16.8. The number of amides is 4. The van der Waals surface area contributed by atoms with Crippen molar-refractivity contribution in [1.82, 2.24) is 9.80 Å². The van der Waals surface area contributed by atoms with Gasteiger partial charge in [0, 0.05) is 72.7 Å². The molecule has 0 radical (unpaired) electrons. The Hall–Kier alpha value is -4.08. The second-order valence-corrected chi connectivity index (χ2v) is 13.0. The summed E-state index contributed by atoms with van der Waals surface area (Å²) >= 11 is 3.80. The Labute approximate surface area is 275 Å². The number of benzene rings is 5. The van der Waals surface area contributed by atoms with Gasteiger partial charge in [-0.05, 0) is 60.7 Å². The topological polar surface area (TPSA) is 93.2 Å². The molecule has 0 spiro atoms. The smallest absolute Gasteiger partial charge is 0.261 e. The Balaban J connectivity index is 1.63. The van der Waals surface area contributed by atoms with Gasteiger partial charge in [-0.1, -0.05) is 55.8 Å². The van der Waals surface area contributed by atoms with Crippen LogP contribution in [0, 0.1) is 0 Å². The average molecular weight is 684 g/mol. The fourth-order valence-corrected chi connectivity index (χ4v) is 8.38. The number of hydrogen-bond acceptors (Lipinski definition) is 6. The quantitative estimate of drug-likeness (QED) is 0.0640. The molecule has 9 heteroatoms. The van der Waals surface area contributed by atoms with E-state index < -0.39 is 0 Å². The minimum absolute atomic E-state index is 0.207. The summed E-state index contributed by atoms with van der Waals surface area (Å²) in [6.45, 7) is 8.51. The number of fused-ring (bicyclic) bond motifs is 2. The lowest BCUT2D eigenvalue weighted by molar-refractivity contribution is 0.0514. The van der Waals surface area contributed by atoms with Crippen LogP contribution in [0.1, 0.15) is 94.8 Å². The van der Waals surface area contributed by atoms with Gasteiger partial charge in [0.15, 0.2) is 0 Å². The highest BCUT2D eigenvalue weighted by molar-refractivity contribution is 9.10. The third kappa shape index (κ3) is 4.00. The number of imide groups is 2. The summed E-state index contributed by atoms with van der Waals surface area (Å²) in [5.41, 5.74) is 1.85. The van der Waals surface area contributed by atoms with Gasteiger partial charge in [-0.3, -0.25) is 29.0 Å². The highest BCUT2D eigenvalue weighted by Crippen LogP contribution is 2.51. The van der Waals surface area contributed by atoms with E-state index in [1.807, 2.05) is 45.9 Å². The van der Waals surface area contributed by atoms with Gasteiger partial charge < -0.3 is 9.47 Å². The molecule has 0 N–H and O–H groups in total. The van der Waals surface area contributed by atoms with E-state index in [9.17, 15) is 19.2 Å². The zero-order valence-electron chi connectivity index (χ0n) is 26.6. The Morgan fingerprint density at radius 3 is 1.54 bits per heavy atom. The molecule has 2 heterocycles. The van der Waals surface area contributed by atoms with Gasteiger partial charge in [0.05, 0.1) is 12.2 Å². The summed E-state index contributed by atoms with van der Waals surface area (Å²) in [5.74, 6) is -0.749. The highest BCUT2D eigenvalue weighted by atomic mass is 79.9. The number of rotatable bonds is 10. The SMILES string of the molecule is CCC(CC)N1C(=O)c2ccc3c4c(OCCOC)cc5c6c(ccc(c7c(Br)cc(c2c37)C1=O)c64)C(=O)N(C(CC)CC)C5=O. The second kappa shape index (κ2) is 11.3. The third-order valence-electron chi connectivity index (χ3n) is 9.98. The third-order valence-corrected chi connectivity index (χ3v) is 10.6. The van der Waals surface area contributed by atoms with E-state index in [1.165, 1.54) is 9.80 Å². The Bertz CT molecular complexity index is 2130. The van der Waals surface area contributed by atoms with Gasteiger partial charge in [-0.2, -0.15) is 0 Å². The number of carbonyl (C=O) groups is 4. The van der Waals surface area contributed by atoms with Crippen LogP contribution in [-0.2, 0) is 4.74 Å². The van der Waals surface area contributed by atoms with Gasteiger partial charge in [0.2, 0.25) is 0 Å². The first kappa shape index (κ1) is 30.6. The fourth-order valence-electron chi connectivity index (χ4n) is 7.74. The number of ether oxygens (including phenoxy) is 2. The monoisotopic (exact) mass is 682 g/mol. The van der Waals surface area contributed by atoms with Crippen LogP contribution in [0.15, 0.2) is 40.9 Å². The second-order valence-electron chi connectivity index (χ2n) is 12.1. The van der Waals surface area contributed by atoms with E-state index in [0.29, 0.717) is 75.5 Å². The fraction of sp³-hybridized carbons (Fsp3) is 0.351. The molecule has 0 unspecified atom stereocenters. The van der Waals surface area contributed by atoms with Crippen LogP contribution in [0.2, 0.25) is 0 Å². The van der Waals surface area contributed by atoms with Crippen molar-refractivity contribution in [2.24, 2.45) is 0 Å². The number of nitrogens with zero attached hydrogens (tertiary/aromatic N) is 2. The highest BCUT2D eigenvalue weighted by Gasteiger charge is 2.41. The zero-order chi connectivity index (χ0) is 32.6. The Kier molecular flexibility index (Phi) is 7.52. The largest absolute Gasteiger partial charge is 0.490 e. The van der Waals surface area contributed by atoms with Crippen LogP contribution >= 0.6 is 15.9 Å². The summed E-state index contributed by atoms with van der Waals surface area (Å²) in [6.07, 6.45) is 2.63. The molecule has 2 aliphatic heterocycles. The van der Waals surface area contributed by atoms with E-state index in [4.69, 9.17) is 9.47 Å². The van der Waals surface area contributed by atoms with Crippen LogP contribution in [0.3, 0.4) is 0 Å². The van der Waals surface area contributed by atoms with E-state index in [-0.39, 0.29) is 42.3 Å². The maximum absolute atomic E-state index is 14.2. The van der Waals surface area contributed by atoms with Crippen molar-refractivity contribution in [2.75, 3.05) is 20.3 Å². The van der Waals surface area contributed by atoms with E-state index in [1.54, 1.807) is 25.3 Å². The predicted octanol–water partition coefficient (Wildman–Crippen LogP) is 8.09. The molecule has 0 bridgehead atoms. The molecule has 5 aromatic carbocycles. The molecule has 5 aromatic rings. The van der Waals surface area contributed by atoms with Gasteiger partial charge in [0.1, 0.15) is 12.4 Å². The summed E-state index contributed by atoms with van der Waals surface area (Å²) < 4.78 is 12.3. The number of carbonyl (C=O) groups excluding carboxylic acids is 4. The number of hydrogen-bond donors (Lipinski definition) is 0. The maximum atomic E-state index is 14.2. The van der Waals surface area contributed by atoms with Gasteiger partial charge in [0.25, 0.3) is 23.6 Å². The normalized spacial score (nSPS) is 15.0. The first-order chi connectivity index (χ1) is 22.2. The molecule has 4 amide bonds. The zero-order valence-corrected chi connectivity index (χ0v) is 28.2. The van der Waals surface area contributed by atoms with E-state index >= 15 is 0 Å². The Morgan fingerprint density at radius 2 is 1.04 bits per heavy atom. The molecule has 8 nitrogen and oxygen atoms in total. The Morgan fingerprint density at radius 1 is 0.587 bits per heavy atom. The lowest BCUT2D eigenvalue weighted by Crippen LogP contribution is -2.46. The number of halogens is 1.